The Kier molecular flexibility index (Phi) is 4.35. The van der Waals surface area contributed by atoms with Gasteiger partial charge in [0.15, 0.2) is 5.75 Å². The van der Waals surface area contributed by atoms with Gasteiger partial charge < -0.3 is 20.0 Å². The first-order chi connectivity index (χ1) is 12.8. The number of nitro benzene ring substituents is 1. The zero-order valence-corrected chi connectivity index (χ0v) is 14.7. The molecule has 11 nitrogen and oxygen atoms in total. The van der Waals surface area contributed by atoms with Crippen LogP contribution in [-0.4, -0.2) is 37.5 Å². The number of phenols is 1. The Labute approximate surface area is 151 Å². The van der Waals surface area contributed by atoms with E-state index in [2.05, 4.69) is 20.4 Å². The fraction of sp³-hybridized carbons (Fsp3) is 0.250. The molecule has 0 radical (unpaired) electrons. The van der Waals surface area contributed by atoms with Gasteiger partial charge in [0.25, 0.3) is 11.1 Å². The molecule has 3 rings (SSSR count). The summed E-state index contributed by atoms with van der Waals surface area (Å²) in [5.74, 6) is -1.61. The average Bonchev–Trinajstić information content (AvgIpc) is 3.13. The van der Waals surface area contributed by atoms with Crippen molar-refractivity contribution in [3.05, 3.63) is 71.0 Å². The van der Waals surface area contributed by atoms with Crippen molar-refractivity contribution in [2.24, 2.45) is 0 Å². The van der Waals surface area contributed by atoms with E-state index in [4.69, 9.17) is 4.74 Å². The Morgan fingerprint density at radius 2 is 1.56 bits per heavy atom. The highest BCUT2D eigenvalue weighted by Crippen LogP contribution is 2.43. The van der Waals surface area contributed by atoms with Gasteiger partial charge in [0.1, 0.15) is 5.75 Å². The Hall–Kier alpha value is -3.76. The third-order valence-corrected chi connectivity index (χ3v) is 4.44. The van der Waals surface area contributed by atoms with Crippen LogP contribution in [0.1, 0.15) is 34.0 Å². The zero-order chi connectivity index (χ0) is 19.9. The first kappa shape index (κ1) is 18.0. The van der Waals surface area contributed by atoms with Gasteiger partial charge in [-0.3, -0.25) is 29.9 Å². The number of aryl methyl sites for hydroxylation is 2. The minimum Gasteiger partial charge on any atom is -0.502 e. The van der Waals surface area contributed by atoms with E-state index >= 15 is 0 Å². The molecular weight excluding hydrogens is 358 g/mol. The number of aromatic nitrogens is 4. The number of hydrogen-bond acceptors (Lipinski definition) is 6. The van der Waals surface area contributed by atoms with Crippen molar-refractivity contribution >= 4 is 5.69 Å². The monoisotopic (exact) mass is 375 g/mol. The molecule has 0 aliphatic carbocycles. The smallest absolute Gasteiger partial charge is 0.314 e. The molecule has 0 fully saturated rings. The molecule has 0 unspecified atom stereocenters. The summed E-state index contributed by atoms with van der Waals surface area (Å²) in [7, 11) is 1.32. The molecule has 0 spiro atoms. The minimum absolute atomic E-state index is 0.00227. The maximum absolute atomic E-state index is 12.4. The number of ether oxygens (including phenoxy) is 1. The second kappa shape index (κ2) is 6.52. The summed E-state index contributed by atoms with van der Waals surface area (Å²) in [6.45, 7) is 3.23. The van der Waals surface area contributed by atoms with Crippen LogP contribution in [0.5, 0.6) is 11.5 Å². The molecule has 0 amide bonds. The van der Waals surface area contributed by atoms with Gasteiger partial charge in [0, 0.05) is 17.0 Å². The van der Waals surface area contributed by atoms with Crippen LogP contribution in [-0.2, 0) is 0 Å². The highest BCUT2D eigenvalue weighted by Gasteiger charge is 2.33. The fourth-order valence-corrected chi connectivity index (χ4v) is 3.15. The summed E-state index contributed by atoms with van der Waals surface area (Å²) in [6.07, 6.45) is 0. The molecule has 2 heterocycles. The standard InChI is InChI=1S/C16H17N5O6/c1-6-11(15(23)19-17-6)13(12-7(2)18-20-16(12)24)9-4-8(27-3)5-10(14(9)22)21(25)26/h4-5,13,22H,1-3H3,(H2,17,19,23)(H2,18,20,24). The summed E-state index contributed by atoms with van der Waals surface area (Å²) in [5.41, 5.74) is -0.456. The van der Waals surface area contributed by atoms with Crippen molar-refractivity contribution in [2.75, 3.05) is 7.11 Å². The second-order valence-corrected chi connectivity index (χ2v) is 6.01. The maximum atomic E-state index is 12.4. The molecule has 0 aliphatic rings. The molecule has 1 aromatic carbocycles. The summed E-state index contributed by atoms with van der Waals surface area (Å²) in [6, 6.07) is 2.43. The van der Waals surface area contributed by atoms with Gasteiger partial charge in [0.05, 0.1) is 35.1 Å². The first-order valence-corrected chi connectivity index (χ1v) is 7.85. The molecule has 0 aliphatic heterocycles. The SMILES string of the molecule is COc1cc(C(c2c(C)[nH][nH]c2=O)c2c(C)[nH][nH]c2=O)c(O)c([N+](=O)[O-])c1. The van der Waals surface area contributed by atoms with E-state index in [0.29, 0.717) is 11.4 Å². The molecule has 5 N–H and O–H groups in total. The summed E-state index contributed by atoms with van der Waals surface area (Å²) >= 11 is 0. The molecule has 0 atom stereocenters. The fourth-order valence-electron chi connectivity index (χ4n) is 3.15. The van der Waals surface area contributed by atoms with Gasteiger partial charge in [-0.15, -0.1) is 0 Å². The average molecular weight is 375 g/mol. The number of rotatable bonds is 5. The number of benzene rings is 1. The van der Waals surface area contributed by atoms with E-state index in [1.54, 1.807) is 13.8 Å². The summed E-state index contributed by atoms with van der Waals surface area (Å²) in [4.78, 5) is 35.4. The van der Waals surface area contributed by atoms with Crippen molar-refractivity contribution in [3.8, 4) is 11.5 Å². The highest BCUT2D eigenvalue weighted by atomic mass is 16.6. The lowest BCUT2D eigenvalue weighted by Crippen LogP contribution is -2.20. The molecule has 142 valence electrons. The third-order valence-electron chi connectivity index (χ3n) is 4.44. The molecule has 11 heteroatoms. The number of nitrogens with zero attached hydrogens (tertiary/aromatic N) is 1. The van der Waals surface area contributed by atoms with Gasteiger partial charge in [-0.25, -0.2) is 0 Å². The van der Waals surface area contributed by atoms with Crippen molar-refractivity contribution in [1.82, 2.24) is 20.4 Å². The molecule has 0 saturated carbocycles. The highest BCUT2D eigenvalue weighted by molar-refractivity contribution is 5.61. The van der Waals surface area contributed by atoms with Crippen LogP contribution in [0, 0.1) is 24.0 Å². The molecule has 0 bridgehead atoms. The van der Waals surface area contributed by atoms with Crippen LogP contribution < -0.4 is 15.9 Å². The van der Waals surface area contributed by atoms with E-state index in [-0.39, 0.29) is 22.4 Å². The van der Waals surface area contributed by atoms with E-state index in [1.807, 2.05) is 0 Å². The zero-order valence-electron chi connectivity index (χ0n) is 14.7. The molecular formula is C16H17N5O6. The lowest BCUT2D eigenvalue weighted by Gasteiger charge is -2.18. The number of phenolic OH excluding ortho intramolecular Hbond substituents is 1. The minimum atomic E-state index is -1.07. The van der Waals surface area contributed by atoms with Crippen LogP contribution in [0.3, 0.4) is 0 Å². The molecule has 3 aromatic rings. The Balaban J connectivity index is 2.43. The van der Waals surface area contributed by atoms with Gasteiger partial charge in [0.2, 0.25) is 0 Å². The number of aromatic hydroxyl groups is 1. The van der Waals surface area contributed by atoms with Gasteiger partial charge in [-0.1, -0.05) is 0 Å². The van der Waals surface area contributed by atoms with Gasteiger partial charge in [-0.05, 0) is 19.9 Å². The van der Waals surface area contributed by atoms with Crippen LogP contribution in [0.15, 0.2) is 21.7 Å². The van der Waals surface area contributed by atoms with Crippen LogP contribution >= 0.6 is 0 Å². The van der Waals surface area contributed by atoms with Gasteiger partial charge in [-0.2, -0.15) is 0 Å². The predicted octanol–water partition coefficient (Wildman–Crippen LogP) is 1.14. The Bertz CT molecular complexity index is 1080. The topological polar surface area (TPSA) is 170 Å². The quantitative estimate of drug-likeness (QED) is 0.331. The lowest BCUT2D eigenvalue weighted by molar-refractivity contribution is -0.386. The molecule has 0 saturated heterocycles. The van der Waals surface area contributed by atoms with Crippen molar-refractivity contribution in [2.45, 2.75) is 19.8 Å². The van der Waals surface area contributed by atoms with E-state index < -0.39 is 33.4 Å². The van der Waals surface area contributed by atoms with Crippen molar-refractivity contribution in [3.63, 3.8) is 0 Å². The van der Waals surface area contributed by atoms with E-state index in [0.717, 1.165) is 6.07 Å². The van der Waals surface area contributed by atoms with Crippen LogP contribution in [0.25, 0.3) is 0 Å². The number of nitrogens with one attached hydrogen (secondary N) is 4. The maximum Gasteiger partial charge on any atom is 0.314 e. The van der Waals surface area contributed by atoms with E-state index in [9.17, 15) is 24.8 Å². The van der Waals surface area contributed by atoms with E-state index in [1.165, 1.54) is 13.2 Å². The number of aromatic amines is 4. The Morgan fingerprint density at radius 1 is 1.04 bits per heavy atom. The predicted molar refractivity (Wildman–Crippen MR) is 94.6 cm³/mol. The second-order valence-electron chi connectivity index (χ2n) is 6.01. The van der Waals surface area contributed by atoms with Gasteiger partial charge >= 0.3 is 5.69 Å². The molecule has 27 heavy (non-hydrogen) atoms. The van der Waals surface area contributed by atoms with Crippen molar-refractivity contribution < 1.29 is 14.8 Å². The summed E-state index contributed by atoms with van der Waals surface area (Å²) < 4.78 is 5.10. The number of H-pyrrole nitrogens is 4. The largest absolute Gasteiger partial charge is 0.502 e. The van der Waals surface area contributed by atoms with Crippen LogP contribution in [0.2, 0.25) is 0 Å². The number of hydrogen-bond donors (Lipinski definition) is 5. The molecule has 2 aromatic heterocycles. The van der Waals surface area contributed by atoms with Crippen LogP contribution in [0.4, 0.5) is 5.69 Å². The third kappa shape index (κ3) is 2.88. The normalized spacial score (nSPS) is 11.1. The lowest BCUT2D eigenvalue weighted by atomic mass is 9.84. The van der Waals surface area contributed by atoms with Crippen molar-refractivity contribution in [1.29, 1.82) is 0 Å². The summed E-state index contributed by atoms with van der Waals surface area (Å²) in [5, 5.41) is 32.1. The Morgan fingerprint density at radius 3 is 1.93 bits per heavy atom. The first-order valence-electron chi connectivity index (χ1n) is 7.85. The number of nitro groups is 1. The number of methoxy groups -OCH3 is 1.